The number of aliphatic imine (C=N–C) groups is 1. The Bertz CT molecular complexity index is 426. The number of anilines is 1. The summed E-state index contributed by atoms with van der Waals surface area (Å²) in [7, 11) is 0. The third-order valence-electron chi connectivity index (χ3n) is 2.72. The number of nitrogens with one attached hydrogen (secondary N) is 2. The van der Waals surface area contributed by atoms with Crippen molar-refractivity contribution in [3.8, 4) is 0 Å². The van der Waals surface area contributed by atoms with Gasteiger partial charge in [0.15, 0.2) is 5.96 Å². The van der Waals surface area contributed by atoms with E-state index >= 15 is 0 Å². The minimum absolute atomic E-state index is 0.0678. The average molecular weight is 246 g/mol. The van der Waals surface area contributed by atoms with Gasteiger partial charge >= 0.3 is 0 Å². The number of benzene rings is 1. The lowest BCUT2D eigenvalue weighted by atomic mass is 10.3. The van der Waals surface area contributed by atoms with Gasteiger partial charge in [0.1, 0.15) is 6.54 Å². The highest BCUT2D eigenvalue weighted by atomic mass is 16.1. The normalized spacial score (nSPS) is 15.2. The SMILES string of the molecule is NC(=NCC(=O)NCC1CC1)Nc1ccccc1. The molecular formula is C13H18N4O. The quantitative estimate of drug-likeness (QED) is 0.534. The Balaban J connectivity index is 1.72. The second-order valence-electron chi connectivity index (χ2n) is 4.44. The molecule has 1 saturated carbocycles. The van der Waals surface area contributed by atoms with Crippen LogP contribution in [-0.4, -0.2) is 25.0 Å². The number of carbonyl (C=O) groups excluding carboxylic acids is 1. The van der Waals surface area contributed by atoms with Crippen molar-refractivity contribution in [2.24, 2.45) is 16.6 Å². The van der Waals surface area contributed by atoms with Crippen molar-refractivity contribution in [1.82, 2.24) is 5.32 Å². The minimum atomic E-state index is -0.0836. The summed E-state index contributed by atoms with van der Waals surface area (Å²) in [5.74, 6) is 0.847. The number of carbonyl (C=O) groups is 1. The third-order valence-corrected chi connectivity index (χ3v) is 2.72. The van der Waals surface area contributed by atoms with Gasteiger partial charge in [-0.15, -0.1) is 0 Å². The Morgan fingerprint density at radius 3 is 2.72 bits per heavy atom. The molecular weight excluding hydrogens is 228 g/mol. The molecule has 2 rings (SSSR count). The Hall–Kier alpha value is -2.04. The summed E-state index contributed by atoms with van der Waals surface area (Å²) in [6.07, 6.45) is 2.45. The van der Waals surface area contributed by atoms with Gasteiger partial charge in [0.2, 0.25) is 5.91 Å². The molecule has 96 valence electrons. The van der Waals surface area contributed by atoms with Crippen molar-refractivity contribution in [1.29, 1.82) is 0 Å². The van der Waals surface area contributed by atoms with Crippen LogP contribution in [0.4, 0.5) is 5.69 Å². The molecule has 5 heteroatoms. The van der Waals surface area contributed by atoms with Gasteiger partial charge in [-0.05, 0) is 30.9 Å². The number of rotatable bonds is 5. The smallest absolute Gasteiger partial charge is 0.241 e. The van der Waals surface area contributed by atoms with Crippen molar-refractivity contribution in [3.05, 3.63) is 30.3 Å². The summed E-state index contributed by atoms with van der Waals surface area (Å²) in [5.41, 5.74) is 6.54. The van der Waals surface area contributed by atoms with Crippen LogP contribution < -0.4 is 16.4 Å². The molecule has 1 aromatic carbocycles. The lowest BCUT2D eigenvalue weighted by Crippen LogP contribution is -2.30. The lowest BCUT2D eigenvalue weighted by molar-refractivity contribution is -0.119. The van der Waals surface area contributed by atoms with Crippen LogP contribution in [0.1, 0.15) is 12.8 Å². The average Bonchev–Trinajstić information content (AvgIpc) is 3.19. The highest BCUT2D eigenvalue weighted by Gasteiger charge is 2.21. The van der Waals surface area contributed by atoms with E-state index in [0.29, 0.717) is 5.92 Å². The van der Waals surface area contributed by atoms with E-state index in [4.69, 9.17) is 5.73 Å². The summed E-state index contributed by atoms with van der Waals surface area (Å²) in [6.45, 7) is 0.832. The van der Waals surface area contributed by atoms with E-state index in [-0.39, 0.29) is 18.4 Å². The lowest BCUT2D eigenvalue weighted by Gasteiger charge is -2.05. The van der Waals surface area contributed by atoms with Crippen LogP contribution in [0, 0.1) is 5.92 Å². The van der Waals surface area contributed by atoms with E-state index in [2.05, 4.69) is 15.6 Å². The molecule has 0 aliphatic heterocycles. The van der Waals surface area contributed by atoms with Crippen LogP contribution in [0.25, 0.3) is 0 Å². The zero-order chi connectivity index (χ0) is 12.8. The Kier molecular flexibility index (Phi) is 4.17. The molecule has 1 fully saturated rings. The van der Waals surface area contributed by atoms with E-state index in [1.54, 1.807) is 0 Å². The Labute approximate surface area is 106 Å². The highest BCUT2D eigenvalue weighted by molar-refractivity contribution is 5.93. The number of guanidine groups is 1. The Morgan fingerprint density at radius 1 is 1.33 bits per heavy atom. The first-order valence-electron chi connectivity index (χ1n) is 6.13. The minimum Gasteiger partial charge on any atom is -0.370 e. The van der Waals surface area contributed by atoms with Gasteiger partial charge in [-0.2, -0.15) is 0 Å². The van der Waals surface area contributed by atoms with Gasteiger partial charge in [-0.3, -0.25) is 4.79 Å². The summed E-state index contributed by atoms with van der Waals surface area (Å²) < 4.78 is 0. The Morgan fingerprint density at radius 2 is 2.06 bits per heavy atom. The second-order valence-corrected chi connectivity index (χ2v) is 4.44. The van der Waals surface area contributed by atoms with Gasteiger partial charge in [-0.25, -0.2) is 4.99 Å². The molecule has 0 spiro atoms. The van der Waals surface area contributed by atoms with Crippen LogP contribution in [-0.2, 0) is 4.79 Å². The number of hydrogen-bond donors (Lipinski definition) is 3. The molecule has 0 saturated heterocycles. The van der Waals surface area contributed by atoms with Crippen LogP contribution in [0.2, 0.25) is 0 Å². The summed E-state index contributed by atoms with van der Waals surface area (Å²) in [6, 6.07) is 9.49. The van der Waals surface area contributed by atoms with Gasteiger partial charge in [0.05, 0.1) is 0 Å². The number of nitrogens with zero attached hydrogens (tertiary/aromatic N) is 1. The predicted octanol–water partition coefficient (Wildman–Crippen LogP) is 0.939. The molecule has 0 radical (unpaired) electrons. The monoisotopic (exact) mass is 246 g/mol. The maximum atomic E-state index is 11.4. The fourth-order valence-corrected chi connectivity index (χ4v) is 1.50. The highest BCUT2D eigenvalue weighted by Crippen LogP contribution is 2.27. The van der Waals surface area contributed by atoms with E-state index < -0.39 is 0 Å². The van der Waals surface area contributed by atoms with E-state index in [0.717, 1.165) is 12.2 Å². The molecule has 0 aromatic heterocycles. The molecule has 4 N–H and O–H groups in total. The summed E-state index contributed by atoms with van der Waals surface area (Å²) in [5, 5.41) is 5.76. The van der Waals surface area contributed by atoms with E-state index in [1.165, 1.54) is 12.8 Å². The van der Waals surface area contributed by atoms with Gasteiger partial charge in [0, 0.05) is 12.2 Å². The maximum Gasteiger partial charge on any atom is 0.241 e. The van der Waals surface area contributed by atoms with Crippen molar-refractivity contribution >= 4 is 17.6 Å². The van der Waals surface area contributed by atoms with Crippen molar-refractivity contribution in [2.75, 3.05) is 18.4 Å². The molecule has 18 heavy (non-hydrogen) atoms. The molecule has 0 heterocycles. The zero-order valence-corrected chi connectivity index (χ0v) is 10.2. The summed E-state index contributed by atoms with van der Waals surface area (Å²) in [4.78, 5) is 15.4. The standard InChI is InChI=1S/C13H18N4O/c14-13(17-11-4-2-1-3-5-11)16-9-12(18)15-8-10-6-7-10/h1-5,10H,6-9H2,(H,15,18)(H3,14,16,17). The maximum absolute atomic E-state index is 11.4. The van der Waals surface area contributed by atoms with Crippen molar-refractivity contribution in [2.45, 2.75) is 12.8 Å². The van der Waals surface area contributed by atoms with Crippen LogP contribution in [0.5, 0.6) is 0 Å². The predicted molar refractivity (Wildman–Crippen MR) is 72.3 cm³/mol. The first kappa shape index (κ1) is 12.4. The molecule has 1 amide bonds. The molecule has 5 nitrogen and oxygen atoms in total. The number of nitrogens with two attached hydrogens (primary N) is 1. The molecule has 0 atom stereocenters. The first-order valence-corrected chi connectivity index (χ1v) is 6.13. The van der Waals surface area contributed by atoms with Crippen LogP contribution >= 0.6 is 0 Å². The molecule has 0 unspecified atom stereocenters. The fourth-order valence-electron chi connectivity index (χ4n) is 1.50. The van der Waals surface area contributed by atoms with Crippen LogP contribution in [0.3, 0.4) is 0 Å². The largest absolute Gasteiger partial charge is 0.370 e. The zero-order valence-electron chi connectivity index (χ0n) is 10.2. The van der Waals surface area contributed by atoms with Gasteiger partial charge in [0.25, 0.3) is 0 Å². The van der Waals surface area contributed by atoms with Gasteiger partial charge in [-0.1, -0.05) is 18.2 Å². The number of para-hydroxylation sites is 1. The summed E-state index contributed by atoms with van der Waals surface area (Å²) >= 11 is 0. The van der Waals surface area contributed by atoms with E-state index in [1.807, 2.05) is 30.3 Å². The van der Waals surface area contributed by atoms with Crippen molar-refractivity contribution < 1.29 is 4.79 Å². The van der Waals surface area contributed by atoms with Crippen LogP contribution in [0.15, 0.2) is 35.3 Å². The number of hydrogen-bond acceptors (Lipinski definition) is 2. The number of amides is 1. The molecule has 0 bridgehead atoms. The fraction of sp³-hybridized carbons (Fsp3) is 0.385. The molecule has 1 aliphatic rings. The third kappa shape index (κ3) is 4.45. The van der Waals surface area contributed by atoms with E-state index in [9.17, 15) is 4.79 Å². The van der Waals surface area contributed by atoms with Gasteiger partial charge < -0.3 is 16.4 Å². The second kappa shape index (κ2) is 6.05. The topological polar surface area (TPSA) is 79.5 Å². The molecule has 1 aromatic rings. The van der Waals surface area contributed by atoms with Crippen molar-refractivity contribution in [3.63, 3.8) is 0 Å². The molecule has 1 aliphatic carbocycles. The first-order chi connectivity index (χ1) is 8.74.